The Labute approximate surface area is 151 Å². The Morgan fingerprint density at radius 1 is 0.885 bits per heavy atom. The molecule has 6 rings (SSSR count). The van der Waals surface area contributed by atoms with Crippen LogP contribution in [0.4, 0.5) is 0 Å². The molecule has 3 aromatic carbocycles. The smallest absolute Gasteiger partial charge is 0.293 e. The lowest BCUT2D eigenvalue weighted by Crippen LogP contribution is -2.40. The number of fused-ring (bicyclic) bond motifs is 2. The molecule has 2 aliphatic rings. The molecule has 0 fully saturated rings. The number of ether oxygens (including phenoxy) is 1. The van der Waals surface area contributed by atoms with Gasteiger partial charge in [-0.15, -0.1) is 0 Å². The average molecular weight is 336 g/mol. The van der Waals surface area contributed by atoms with E-state index in [1.165, 1.54) is 38.1 Å². The second-order valence-corrected chi connectivity index (χ2v) is 7.15. The van der Waals surface area contributed by atoms with Gasteiger partial charge in [-0.1, -0.05) is 54.6 Å². The molecule has 2 heterocycles. The van der Waals surface area contributed by atoms with Gasteiger partial charge in [0.05, 0.1) is 5.39 Å². The van der Waals surface area contributed by atoms with E-state index in [0.29, 0.717) is 12.6 Å². The summed E-state index contributed by atoms with van der Waals surface area (Å²) >= 11 is 0. The van der Waals surface area contributed by atoms with Crippen LogP contribution in [0.1, 0.15) is 17.9 Å². The van der Waals surface area contributed by atoms with Gasteiger partial charge in [0.2, 0.25) is 11.0 Å². The van der Waals surface area contributed by atoms with Crippen LogP contribution < -0.4 is 9.30 Å². The summed E-state index contributed by atoms with van der Waals surface area (Å²) in [7, 11) is 0. The number of para-hydroxylation sites is 1. The predicted octanol–water partition coefficient (Wildman–Crippen LogP) is 5.38. The Morgan fingerprint density at radius 2 is 1.77 bits per heavy atom. The van der Waals surface area contributed by atoms with E-state index in [0.717, 1.165) is 12.2 Å². The molecule has 1 aliphatic heterocycles. The first kappa shape index (κ1) is 14.1. The standard InChI is InChI=1S/C24H18NO/c1-2-6-16(7-3-1)20-13-12-17-10-11-19-14-18-8-4-5-9-21(18)25-15-26-24(20)22(17)23(19)25/h1-6,8-14,16H,7,15H2/q+1. The molecule has 0 bridgehead atoms. The monoisotopic (exact) mass is 336 g/mol. The number of benzene rings is 3. The third-order valence-corrected chi connectivity index (χ3v) is 5.70. The van der Waals surface area contributed by atoms with E-state index in [1.54, 1.807) is 0 Å². The highest BCUT2D eigenvalue weighted by atomic mass is 16.5. The highest BCUT2D eigenvalue weighted by Crippen LogP contribution is 2.42. The predicted molar refractivity (Wildman–Crippen MR) is 105 cm³/mol. The van der Waals surface area contributed by atoms with Crippen molar-refractivity contribution in [2.75, 3.05) is 0 Å². The Bertz CT molecular complexity index is 1270. The molecule has 1 aliphatic carbocycles. The SMILES string of the molecule is C1=CCC(c2ccc3ccc4cc5ccccc5[n+]5c4c3c2OC5)C=C1. The van der Waals surface area contributed by atoms with E-state index in [2.05, 4.69) is 83.5 Å². The van der Waals surface area contributed by atoms with Gasteiger partial charge in [0.15, 0.2) is 0 Å². The number of allylic oxidation sites excluding steroid dienone is 4. The van der Waals surface area contributed by atoms with Gasteiger partial charge in [-0.3, -0.25) is 0 Å². The zero-order valence-corrected chi connectivity index (χ0v) is 14.4. The van der Waals surface area contributed by atoms with Gasteiger partial charge in [-0.25, -0.2) is 0 Å². The van der Waals surface area contributed by atoms with E-state index in [1.807, 2.05) is 0 Å². The van der Waals surface area contributed by atoms with Crippen molar-refractivity contribution in [3.8, 4) is 5.75 Å². The number of aromatic nitrogens is 1. The summed E-state index contributed by atoms with van der Waals surface area (Å²) in [6.07, 6.45) is 9.82. The summed E-state index contributed by atoms with van der Waals surface area (Å²) in [4.78, 5) is 0. The van der Waals surface area contributed by atoms with E-state index in [4.69, 9.17) is 4.74 Å². The number of rotatable bonds is 1. The first-order valence-corrected chi connectivity index (χ1v) is 9.17. The maximum atomic E-state index is 6.38. The van der Waals surface area contributed by atoms with Gasteiger partial charge in [0, 0.05) is 28.3 Å². The maximum absolute atomic E-state index is 6.38. The van der Waals surface area contributed by atoms with Crippen LogP contribution in [0.5, 0.6) is 5.75 Å². The van der Waals surface area contributed by atoms with Crippen LogP contribution in [0, 0.1) is 0 Å². The number of hydrogen-bond acceptors (Lipinski definition) is 1. The lowest BCUT2D eigenvalue weighted by Gasteiger charge is -2.22. The first-order valence-electron chi connectivity index (χ1n) is 9.17. The highest BCUT2D eigenvalue weighted by molar-refractivity contribution is 6.09. The van der Waals surface area contributed by atoms with Crippen molar-refractivity contribution in [1.29, 1.82) is 0 Å². The van der Waals surface area contributed by atoms with Crippen molar-refractivity contribution in [1.82, 2.24) is 0 Å². The van der Waals surface area contributed by atoms with Gasteiger partial charge in [0.25, 0.3) is 6.73 Å². The normalized spacial score (nSPS) is 18.1. The van der Waals surface area contributed by atoms with Crippen LogP contribution in [0.25, 0.3) is 32.6 Å². The van der Waals surface area contributed by atoms with E-state index in [9.17, 15) is 0 Å². The summed E-state index contributed by atoms with van der Waals surface area (Å²) < 4.78 is 8.70. The largest absolute Gasteiger partial charge is 0.435 e. The molecule has 0 saturated heterocycles. The van der Waals surface area contributed by atoms with Gasteiger partial charge in [0.1, 0.15) is 5.75 Å². The molecule has 1 unspecified atom stereocenters. The minimum absolute atomic E-state index is 0.390. The van der Waals surface area contributed by atoms with Gasteiger partial charge < -0.3 is 4.74 Å². The van der Waals surface area contributed by atoms with Crippen LogP contribution in [0.15, 0.2) is 78.9 Å². The fourth-order valence-corrected chi connectivity index (χ4v) is 4.47. The Balaban J connectivity index is 1.76. The summed E-state index contributed by atoms with van der Waals surface area (Å²) in [6, 6.07) is 19.8. The molecule has 0 saturated carbocycles. The topological polar surface area (TPSA) is 13.1 Å². The minimum atomic E-state index is 0.390. The molecule has 0 amide bonds. The quantitative estimate of drug-likeness (QED) is 0.258. The zero-order valence-electron chi connectivity index (χ0n) is 14.4. The van der Waals surface area contributed by atoms with Gasteiger partial charge in [-0.2, -0.15) is 4.57 Å². The zero-order chi connectivity index (χ0) is 17.1. The highest BCUT2D eigenvalue weighted by Gasteiger charge is 2.28. The third kappa shape index (κ3) is 1.84. The van der Waals surface area contributed by atoms with Crippen molar-refractivity contribution in [2.45, 2.75) is 19.1 Å². The van der Waals surface area contributed by atoms with Gasteiger partial charge >= 0.3 is 0 Å². The molecule has 1 aromatic heterocycles. The van der Waals surface area contributed by atoms with Crippen LogP contribution in [-0.2, 0) is 6.73 Å². The van der Waals surface area contributed by atoms with Crippen molar-refractivity contribution in [2.24, 2.45) is 0 Å². The summed E-state index contributed by atoms with van der Waals surface area (Å²) in [5.41, 5.74) is 3.81. The van der Waals surface area contributed by atoms with E-state index >= 15 is 0 Å². The summed E-state index contributed by atoms with van der Waals surface area (Å²) in [5.74, 6) is 1.45. The van der Waals surface area contributed by atoms with Crippen LogP contribution >= 0.6 is 0 Å². The molecule has 0 N–H and O–H groups in total. The van der Waals surface area contributed by atoms with Crippen molar-refractivity contribution in [3.63, 3.8) is 0 Å². The minimum Gasteiger partial charge on any atom is -0.435 e. The summed E-state index contributed by atoms with van der Waals surface area (Å²) in [6.45, 7) is 0.563. The number of pyridine rings is 1. The average Bonchev–Trinajstić information content (AvgIpc) is 2.72. The third-order valence-electron chi connectivity index (χ3n) is 5.70. The molecule has 4 aromatic rings. The molecule has 0 spiro atoms. The lowest BCUT2D eigenvalue weighted by atomic mass is 9.89. The molecule has 2 nitrogen and oxygen atoms in total. The van der Waals surface area contributed by atoms with Crippen LogP contribution in [0.2, 0.25) is 0 Å². The van der Waals surface area contributed by atoms with Crippen LogP contribution in [0.3, 0.4) is 0 Å². The number of hydrogen-bond donors (Lipinski definition) is 0. The fourth-order valence-electron chi connectivity index (χ4n) is 4.47. The van der Waals surface area contributed by atoms with E-state index < -0.39 is 0 Å². The molecule has 1 atom stereocenters. The molecule has 26 heavy (non-hydrogen) atoms. The number of nitrogens with zero attached hydrogens (tertiary/aromatic N) is 1. The second-order valence-electron chi connectivity index (χ2n) is 7.15. The Morgan fingerprint density at radius 3 is 2.69 bits per heavy atom. The molecule has 0 radical (unpaired) electrons. The van der Waals surface area contributed by atoms with Crippen molar-refractivity contribution < 1.29 is 9.30 Å². The molecule has 124 valence electrons. The van der Waals surface area contributed by atoms with Crippen molar-refractivity contribution in [3.05, 3.63) is 84.5 Å². The van der Waals surface area contributed by atoms with E-state index in [-0.39, 0.29) is 0 Å². The lowest BCUT2D eigenvalue weighted by molar-refractivity contribution is -0.677. The fraction of sp³-hybridized carbons (Fsp3) is 0.125. The van der Waals surface area contributed by atoms with Crippen LogP contribution in [-0.4, -0.2) is 0 Å². The first-order chi connectivity index (χ1) is 12.9. The molecular formula is C24H18NO+. The Hall–Kier alpha value is -3.13. The van der Waals surface area contributed by atoms with Gasteiger partial charge in [-0.05, 0) is 30.0 Å². The Kier molecular flexibility index (Phi) is 2.81. The van der Waals surface area contributed by atoms with Crippen molar-refractivity contribution >= 4 is 32.6 Å². The maximum Gasteiger partial charge on any atom is 0.293 e. The summed E-state index contributed by atoms with van der Waals surface area (Å²) in [5, 5.41) is 5.02. The molecular weight excluding hydrogens is 318 g/mol. The second kappa shape index (κ2) is 5.18. The molecule has 2 heteroatoms.